The Labute approximate surface area is 203 Å². The summed E-state index contributed by atoms with van der Waals surface area (Å²) in [6.45, 7) is 21.4. The highest BCUT2D eigenvalue weighted by atomic mass is 15.1. The summed E-state index contributed by atoms with van der Waals surface area (Å²) in [6, 6.07) is 16.6. The highest BCUT2D eigenvalue weighted by Gasteiger charge is 2.13. The number of allylic oxidation sites excluding steroid dienone is 3. The van der Waals surface area contributed by atoms with Crippen LogP contribution in [0.25, 0.3) is 5.70 Å². The molecule has 0 amide bonds. The third-order valence-corrected chi connectivity index (χ3v) is 4.14. The molecular formula is C29H46N4. The molecule has 2 aromatic carbocycles. The first-order chi connectivity index (χ1) is 15.4. The average Bonchev–Trinajstić information content (AvgIpc) is 2.81. The summed E-state index contributed by atoms with van der Waals surface area (Å²) in [4.78, 5) is 2.31. The molecule has 1 aliphatic heterocycles. The molecule has 0 spiro atoms. The first-order valence-corrected chi connectivity index (χ1v) is 10.4. The molecule has 1 heterocycles. The highest BCUT2D eigenvalue weighted by Crippen LogP contribution is 2.21. The van der Waals surface area contributed by atoms with Crippen LogP contribution < -0.4 is 17.2 Å². The second kappa shape index (κ2) is 21.7. The standard InChI is InChI=1S/C14H20N4.C7H8.C3H6.2C2H4.CH4/c1-18-7-6-10-2-3-11(8-12(10)9-18)13(15)4-5-14(16)17;1-7-5-3-2-4-6-7;1-3-2;2*1-2;/h2-5,8H,6-7,9,15-17H2,1H3;2-6H,1H3;3H,1H2,2H3;2*1-2H2;1H4/b13-4-;;;;;. The maximum Gasteiger partial charge on any atom is 0.0934 e. The molecule has 0 aliphatic carbocycles. The van der Waals surface area contributed by atoms with Gasteiger partial charge in [0.1, 0.15) is 0 Å². The van der Waals surface area contributed by atoms with Crippen LogP contribution in [-0.4, -0.2) is 18.5 Å². The van der Waals surface area contributed by atoms with E-state index < -0.39 is 0 Å². The molecule has 1 aliphatic rings. The Morgan fingerprint density at radius 2 is 1.45 bits per heavy atom. The monoisotopic (exact) mass is 450 g/mol. The first kappa shape index (κ1) is 34.1. The van der Waals surface area contributed by atoms with E-state index >= 15 is 0 Å². The number of hydrogen-bond donors (Lipinski definition) is 3. The molecule has 0 fully saturated rings. The van der Waals surface area contributed by atoms with E-state index in [9.17, 15) is 0 Å². The quantitative estimate of drug-likeness (QED) is 0.378. The van der Waals surface area contributed by atoms with E-state index in [0.29, 0.717) is 5.70 Å². The first-order valence-electron chi connectivity index (χ1n) is 10.4. The highest BCUT2D eigenvalue weighted by molar-refractivity contribution is 5.65. The summed E-state index contributed by atoms with van der Waals surface area (Å²) in [5.41, 5.74) is 22.5. The maximum atomic E-state index is 6.00. The van der Waals surface area contributed by atoms with Gasteiger partial charge in [0.25, 0.3) is 0 Å². The Morgan fingerprint density at radius 3 is 1.91 bits per heavy atom. The SMILES string of the molecule is C.C=C.C=C.C=CC.CN1CCc2ccc(/C(N)=C/C=C(N)N)cc2C1.Cc1ccccc1. The third-order valence-electron chi connectivity index (χ3n) is 4.14. The topological polar surface area (TPSA) is 81.3 Å². The predicted octanol–water partition coefficient (Wildman–Crippen LogP) is 6.16. The minimum absolute atomic E-state index is 0. The summed E-state index contributed by atoms with van der Waals surface area (Å²) < 4.78 is 0. The lowest BCUT2D eigenvalue weighted by molar-refractivity contribution is 0.313. The second-order valence-corrected chi connectivity index (χ2v) is 6.82. The molecular weight excluding hydrogens is 404 g/mol. The van der Waals surface area contributed by atoms with Gasteiger partial charge in [0.05, 0.1) is 5.82 Å². The minimum atomic E-state index is 0. The Hall–Kier alpha value is -3.50. The Kier molecular flexibility index (Phi) is 22.5. The molecule has 0 aromatic heterocycles. The number of hydrogen-bond acceptors (Lipinski definition) is 4. The van der Waals surface area contributed by atoms with Gasteiger partial charge >= 0.3 is 0 Å². The van der Waals surface area contributed by atoms with Crippen LogP contribution in [0.4, 0.5) is 0 Å². The van der Waals surface area contributed by atoms with Crippen LogP contribution in [0.3, 0.4) is 0 Å². The van der Waals surface area contributed by atoms with Crippen LogP contribution in [0.15, 0.2) is 105 Å². The van der Waals surface area contributed by atoms with Crippen molar-refractivity contribution in [1.29, 1.82) is 0 Å². The number of benzene rings is 2. The third kappa shape index (κ3) is 15.9. The predicted molar refractivity (Wildman–Crippen MR) is 151 cm³/mol. The smallest absolute Gasteiger partial charge is 0.0934 e. The van der Waals surface area contributed by atoms with Crippen molar-refractivity contribution in [2.24, 2.45) is 17.2 Å². The van der Waals surface area contributed by atoms with Gasteiger partial charge in [0.15, 0.2) is 0 Å². The van der Waals surface area contributed by atoms with Crippen molar-refractivity contribution in [3.05, 3.63) is 128 Å². The number of rotatable bonds is 2. The van der Waals surface area contributed by atoms with E-state index in [-0.39, 0.29) is 13.2 Å². The largest absolute Gasteiger partial charge is 0.398 e. The van der Waals surface area contributed by atoms with Crippen molar-refractivity contribution in [3.8, 4) is 0 Å². The van der Waals surface area contributed by atoms with Crippen LogP contribution in [-0.2, 0) is 13.0 Å². The Bertz CT molecular complexity index is 817. The van der Waals surface area contributed by atoms with Gasteiger partial charge in [-0.15, -0.1) is 32.9 Å². The molecule has 0 atom stereocenters. The fourth-order valence-electron chi connectivity index (χ4n) is 2.69. The fourth-order valence-corrected chi connectivity index (χ4v) is 2.69. The van der Waals surface area contributed by atoms with E-state index in [1.54, 1.807) is 18.2 Å². The molecule has 182 valence electrons. The minimum Gasteiger partial charge on any atom is -0.398 e. The second-order valence-electron chi connectivity index (χ2n) is 6.82. The van der Waals surface area contributed by atoms with Crippen molar-refractivity contribution in [1.82, 2.24) is 4.90 Å². The molecule has 6 N–H and O–H groups in total. The van der Waals surface area contributed by atoms with Gasteiger partial charge in [0, 0.05) is 18.8 Å². The van der Waals surface area contributed by atoms with Gasteiger partial charge in [-0.25, -0.2) is 0 Å². The lowest BCUT2D eigenvalue weighted by Gasteiger charge is -2.25. The number of fused-ring (bicyclic) bond motifs is 1. The number of nitrogens with two attached hydrogens (primary N) is 3. The number of likely N-dealkylation sites (N-methyl/N-ethyl adjacent to an activating group) is 1. The molecule has 4 nitrogen and oxygen atoms in total. The molecule has 0 saturated carbocycles. The average molecular weight is 451 g/mol. The lowest BCUT2D eigenvalue weighted by Crippen LogP contribution is -2.26. The van der Waals surface area contributed by atoms with Crippen LogP contribution in [0, 0.1) is 6.92 Å². The number of nitrogens with zero attached hydrogens (tertiary/aromatic N) is 1. The van der Waals surface area contributed by atoms with Crippen LogP contribution in [0.5, 0.6) is 0 Å². The van der Waals surface area contributed by atoms with E-state index in [0.717, 1.165) is 25.1 Å². The van der Waals surface area contributed by atoms with Gasteiger partial charge in [0.2, 0.25) is 0 Å². The Morgan fingerprint density at radius 1 is 0.909 bits per heavy atom. The zero-order valence-corrected chi connectivity index (χ0v) is 20.2. The molecule has 0 radical (unpaired) electrons. The Balaban J connectivity index is -0.000000500. The van der Waals surface area contributed by atoms with Crippen LogP contribution in [0.1, 0.15) is 36.6 Å². The number of aryl methyl sites for hydroxylation is 1. The molecule has 0 saturated heterocycles. The van der Waals surface area contributed by atoms with Gasteiger partial charge < -0.3 is 22.1 Å². The maximum absolute atomic E-state index is 6.00. The van der Waals surface area contributed by atoms with Crippen molar-refractivity contribution >= 4 is 5.70 Å². The molecule has 3 rings (SSSR count). The summed E-state index contributed by atoms with van der Waals surface area (Å²) in [5, 5.41) is 0. The van der Waals surface area contributed by atoms with Gasteiger partial charge in [-0.2, -0.15) is 0 Å². The van der Waals surface area contributed by atoms with Gasteiger partial charge in [-0.1, -0.05) is 61.5 Å². The lowest BCUT2D eigenvalue weighted by atomic mass is 9.96. The summed E-state index contributed by atoms with van der Waals surface area (Å²) in [5.74, 6) is 0.260. The molecule has 33 heavy (non-hydrogen) atoms. The normalized spacial score (nSPS) is 11.3. The van der Waals surface area contributed by atoms with E-state index in [4.69, 9.17) is 17.2 Å². The van der Waals surface area contributed by atoms with Crippen molar-refractivity contribution in [2.75, 3.05) is 13.6 Å². The zero-order chi connectivity index (χ0) is 24.9. The van der Waals surface area contributed by atoms with E-state index in [1.807, 2.05) is 25.1 Å². The molecule has 0 bridgehead atoms. The van der Waals surface area contributed by atoms with Gasteiger partial charge in [-0.3, -0.25) is 0 Å². The summed E-state index contributed by atoms with van der Waals surface area (Å²) in [7, 11) is 2.13. The summed E-state index contributed by atoms with van der Waals surface area (Å²) in [6.07, 6.45) is 6.20. The van der Waals surface area contributed by atoms with Crippen molar-refractivity contribution < 1.29 is 0 Å². The van der Waals surface area contributed by atoms with Crippen molar-refractivity contribution in [2.45, 2.75) is 34.2 Å². The molecule has 0 unspecified atom stereocenters. The molecule has 4 heteroatoms. The van der Waals surface area contributed by atoms with Gasteiger partial charge in [-0.05, 0) is 62.2 Å². The zero-order valence-electron chi connectivity index (χ0n) is 20.2. The van der Waals surface area contributed by atoms with Crippen LogP contribution in [0.2, 0.25) is 0 Å². The fraction of sp³-hybridized carbons (Fsp3) is 0.241. The van der Waals surface area contributed by atoms with E-state index in [1.165, 1.54) is 16.7 Å². The van der Waals surface area contributed by atoms with E-state index in [2.05, 4.69) is 82.1 Å². The molecule has 2 aromatic rings. The van der Waals surface area contributed by atoms with Crippen molar-refractivity contribution in [3.63, 3.8) is 0 Å². The van der Waals surface area contributed by atoms with Crippen LogP contribution >= 0.6 is 0 Å². The summed E-state index contributed by atoms with van der Waals surface area (Å²) >= 11 is 0.